The van der Waals surface area contributed by atoms with Crippen LogP contribution in [0, 0.1) is 5.92 Å². The summed E-state index contributed by atoms with van der Waals surface area (Å²) in [5, 5.41) is 8.28. The Bertz CT molecular complexity index is 288. The van der Waals surface area contributed by atoms with Gasteiger partial charge in [0.15, 0.2) is 0 Å². The van der Waals surface area contributed by atoms with E-state index in [-0.39, 0.29) is 37.3 Å². The minimum absolute atomic E-state index is 0.0660. The Balaban J connectivity index is 2.29. The van der Waals surface area contributed by atoms with Gasteiger partial charge in [0, 0.05) is 12.3 Å². The van der Waals surface area contributed by atoms with Crippen LogP contribution in [0.2, 0.25) is 0 Å². The van der Waals surface area contributed by atoms with Crippen molar-refractivity contribution in [3.05, 3.63) is 0 Å². The molecule has 0 aromatic rings. The van der Waals surface area contributed by atoms with E-state index in [1.807, 2.05) is 0 Å². The van der Waals surface area contributed by atoms with Gasteiger partial charge in [-0.15, -0.1) is 0 Å². The number of ether oxygens (including phenoxy) is 1. The molecule has 0 spiro atoms. The summed E-state index contributed by atoms with van der Waals surface area (Å²) in [5.41, 5.74) is 0. The maximum absolute atomic E-state index is 11.4. The van der Waals surface area contributed by atoms with Crippen LogP contribution in [0.5, 0.6) is 0 Å². The smallest absolute Gasteiger partial charge is 0.329 e. The molecule has 1 saturated heterocycles. The van der Waals surface area contributed by atoms with Crippen LogP contribution < -0.4 is 0 Å². The molecule has 0 radical (unpaired) electrons. The van der Waals surface area contributed by atoms with Crippen molar-refractivity contribution in [2.45, 2.75) is 13.3 Å². The maximum Gasteiger partial charge on any atom is 0.329 e. The fourth-order valence-electron chi connectivity index (χ4n) is 1.40. The summed E-state index contributed by atoms with van der Waals surface area (Å²) in [6.45, 7) is 1.48. The Labute approximate surface area is 86.8 Å². The van der Waals surface area contributed by atoms with Crippen molar-refractivity contribution in [2.24, 2.45) is 5.92 Å². The predicted octanol–water partition coefficient (Wildman–Crippen LogP) is -0.517. The molecule has 0 aromatic heterocycles. The summed E-state index contributed by atoms with van der Waals surface area (Å²) in [4.78, 5) is 33.9. The molecule has 15 heavy (non-hydrogen) atoms. The zero-order valence-electron chi connectivity index (χ0n) is 8.43. The molecule has 1 heterocycles. The summed E-state index contributed by atoms with van der Waals surface area (Å²) in [6.07, 6.45) is 0.234. The highest BCUT2D eigenvalue weighted by Gasteiger charge is 2.34. The molecule has 6 nitrogen and oxygen atoms in total. The van der Waals surface area contributed by atoms with Crippen molar-refractivity contribution in [3.63, 3.8) is 0 Å². The SMILES string of the molecule is CC1CC(=O)N(CCOCC(=O)O)C1=O. The number of carboxylic acids is 1. The van der Waals surface area contributed by atoms with Crippen LogP contribution in [-0.2, 0) is 19.1 Å². The molecule has 1 atom stereocenters. The Hall–Kier alpha value is -1.43. The molecule has 1 rings (SSSR count). The molecule has 1 unspecified atom stereocenters. The lowest BCUT2D eigenvalue weighted by Gasteiger charge is -2.13. The molecule has 0 aromatic carbocycles. The van der Waals surface area contributed by atoms with E-state index >= 15 is 0 Å². The fraction of sp³-hybridized carbons (Fsp3) is 0.667. The molecule has 6 heteroatoms. The van der Waals surface area contributed by atoms with Gasteiger partial charge in [0.05, 0.1) is 13.2 Å². The zero-order chi connectivity index (χ0) is 11.4. The number of hydrogen-bond donors (Lipinski definition) is 1. The highest BCUT2D eigenvalue weighted by molar-refractivity contribution is 6.03. The first-order valence-electron chi connectivity index (χ1n) is 4.66. The second-order valence-electron chi connectivity index (χ2n) is 3.44. The van der Waals surface area contributed by atoms with Gasteiger partial charge in [0.25, 0.3) is 0 Å². The third-order valence-electron chi connectivity index (χ3n) is 2.15. The number of aliphatic carboxylic acids is 1. The fourth-order valence-corrected chi connectivity index (χ4v) is 1.40. The molecule has 1 fully saturated rings. The first kappa shape index (κ1) is 11.6. The Morgan fingerprint density at radius 3 is 2.73 bits per heavy atom. The minimum Gasteiger partial charge on any atom is -0.480 e. The van der Waals surface area contributed by atoms with Gasteiger partial charge >= 0.3 is 5.97 Å². The van der Waals surface area contributed by atoms with Crippen LogP contribution in [0.1, 0.15) is 13.3 Å². The lowest BCUT2D eigenvalue weighted by molar-refractivity contribution is -0.143. The second-order valence-corrected chi connectivity index (χ2v) is 3.44. The van der Waals surface area contributed by atoms with E-state index in [2.05, 4.69) is 0 Å². The monoisotopic (exact) mass is 215 g/mol. The van der Waals surface area contributed by atoms with Crippen LogP contribution in [0.4, 0.5) is 0 Å². The average Bonchev–Trinajstić information content (AvgIpc) is 2.37. The lowest BCUT2D eigenvalue weighted by Crippen LogP contribution is -2.33. The van der Waals surface area contributed by atoms with Crippen molar-refractivity contribution in [3.8, 4) is 0 Å². The molecule has 1 aliphatic rings. The van der Waals surface area contributed by atoms with Gasteiger partial charge in [0.2, 0.25) is 11.8 Å². The molecule has 0 saturated carbocycles. The van der Waals surface area contributed by atoms with E-state index in [1.165, 1.54) is 0 Å². The van der Waals surface area contributed by atoms with Crippen molar-refractivity contribution in [2.75, 3.05) is 19.8 Å². The Kier molecular flexibility index (Phi) is 3.79. The number of carboxylic acid groups (broad SMARTS) is 1. The molecule has 1 aliphatic heterocycles. The predicted molar refractivity (Wildman–Crippen MR) is 49.0 cm³/mol. The third-order valence-corrected chi connectivity index (χ3v) is 2.15. The molecule has 0 bridgehead atoms. The number of imide groups is 1. The number of rotatable bonds is 5. The van der Waals surface area contributed by atoms with E-state index in [0.717, 1.165) is 4.90 Å². The van der Waals surface area contributed by atoms with Crippen molar-refractivity contribution < 1.29 is 24.2 Å². The van der Waals surface area contributed by atoms with Gasteiger partial charge in [-0.1, -0.05) is 6.92 Å². The number of nitrogens with zero attached hydrogens (tertiary/aromatic N) is 1. The normalized spacial score (nSPS) is 21.1. The molecule has 2 amide bonds. The van der Waals surface area contributed by atoms with E-state index in [0.29, 0.717) is 0 Å². The number of hydrogen-bond acceptors (Lipinski definition) is 4. The van der Waals surface area contributed by atoms with Gasteiger partial charge in [-0.25, -0.2) is 4.79 Å². The standard InChI is InChI=1S/C9H13NO5/c1-6-4-7(11)10(9(6)14)2-3-15-5-8(12)13/h6H,2-5H2,1H3,(H,12,13). The molecular weight excluding hydrogens is 202 g/mol. The summed E-state index contributed by atoms with van der Waals surface area (Å²) < 4.78 is 4.74. The molecular formula is C9H13NO5. The van der Waals surface area contributed by atoms with Crippen LogP contribution in [0.3, 0.4) is 0 Å². The van der Waals surface area contributed by atoms with Crippen LogP contribution in [-0.4, -0.2) is 47.5 Å². The number of amides is 2. The van der Waals surface area contributed by atoms with Crippen molar-refractivity contribution >= 4 is 17.8 Å². The quantitative estimate of drug-likeness (QED) is 0.493. The lowest BCUT2D eigenvalue weighted by atomic mass is 10.1. The highest BCUT2D eigenvalue weighted by atomic mass is 16.5. The number of likely N-dealkylation sites (tertiary alicyclic amines) is 1. The van der Waals surface area contributed by atoms with E-state index < -0.39 is 12.6 Å². The maximum atomic E-state index is 11.4. The van der Waals surface area contributed by atoms with Gasteiger partial charge < -0.3 is 9.84 Å². The number of carbonyl (C=O) groups is 3. The first-order chi connectivity index (χ1) is 7.02. The largest absolute Gasteiger partial charge is 0.480 e. The van der Waals surface area contributed by atoms with Crippen LogP contribution in [0.15, 0.2) is 0 Å². The van der Waals surface area contributed by atoms with E-state index in [4.69, 9.17) is 9.84 Å². The topological polar surface area (TPSA) is 83.9 Å². The van der Waals surface area contributed by atoms with Crippen LogP contribution in [0.25, 0.3) is 0 Å². The van der Waals surface area contributed by atoms with Gasteiger partial charge in [-0.05, 0) is 0 Å². The molecule has 1 N–H and O–H groups in total. The van der Waals surface area contributed by atoms with Gasteiger partial charge in [0.1, 0.15) is 6.61 Å². The summed E-state index contributed by atoms with van der Waals surface area (Å²) >= 11 is 0. The second kappa shape index (κ2) is 4.88. The van der Waals surface area contributed by atoms with E-state index in [9.17, 15) is 14.4 Å². The Morgan fingerprint density at radius 1 is 1.60 bits per heavy atom. The van der Waals surface area contributed by atoms with Gasteiger partial charge in [-0.2, -0.15) is 0 Å². The van der Waals surface area contributed by atoms with Crippen molar-refractivity contribution in [1.82, 2.24) is 4.90 Å². The molecule has 0 aliphatic carbocycles. The zero-order valence-corrected chi connectivity index (χ0v) is 8.43. The van der Waals surface area contributed by atoms with Crippen LogP contribution >= 0.6 is 0 Å². The minimum atomic E-state index is -1.07. The molecule has 84 valence electrons. The Morgan fingerprint density at radius 2 is 2.27 bits per heavy atom. The van der Waals surface area contributed by atoms with E-state index in [1.54, 1.807) is 6.92 Å². The highest BCUT2D eigenvalue weighted by Crippen LogP contribution is 2.17. The summed E-state index contributed by atoms with van der Waals surface area (Å²) in [6, 6.07) is 0. The summed E-state index contributed by atoms with van der Waals surface area (Å²) in [5.74, 6) is -1.76. The third kappa shape index (κ3) is 3.02. The average molecular weight is 215 g/mol. The summed E-state index contributed by atoms with van der Waals surface area (Å²) in [7, 11) is 0. The first-order valence-corrected chi connectivity index (χ1v) is 4.66. The van der Waals surface area contributed by atoms with Gasteiger partial charge in [-0.3, -0.25) is 14.5 Å². The van der Waals surface area contributed by atoms with Crippen molar-refractivity contribution in [1.29, 1.82) is 0 Å². The number of carbonyl (C=O) groups excluding carboxylic acids is 2.